The first kappa shape index (κ1) is 14.2. The normalized spacial score (nSPS) is 10.1. The lowest BCUT2D eigenvalue weighted by molar-refractivity contribution is 0.102. The molecule has 0 unspecified atom stereocenters. The Morgan fingerprint density at radius 1 is 1.15 bits per heavy atom. The molecule has 0 fully saturated rings. The van der Waals surface area contributed by atoms with E-state index in [4.69, 9.17) is 11.6 Å². The van der Waals surface area contributed by atoms with E-state index in [2.05, 4.69) is 11.9 Å². The maximum atomic E-state index is 12.1. The van der Waals surface area contributed by atoms with Gasteiger partial charge in [0.2, 0.25) is 0 Å². The van der Waals surface area contributed by atoms with Crippen LogP contribution in [0.1, 0.15) is 22.8 Å². The number of anilines is 1. The predicted octanol–water partition coefficient (Wildman–Crippen LogP) is 4.33. The predicted molar refractivity (Wildman–Crippen MR) is 82.2 cm³/mol. The van der Waals surface area contributed by atoms with Crippen molar-refractivity contribution < 1.29 is 9.90 Å². The van der Waals surface area contributed by atoms with Gasteiger partial charge in [0.1, 0.15) is 5.75 Å². The first-order valence-electron chi connectivity index (χ1n) is 6.03. The number of aromatic hydroxyl groups is 1. The van der Waals surface area contributed by atoms with E-state index in [-0.39, 0.29) is 17.3 Å². The van der Waals surface area contributed by atoms with Gasteiger partial charge >= 0.3 is 0 Å². The Bertz CT molecular complexity index is 663. The highest BCUT2D eigenvalue weighted by atomic mass is 35.5. The van der Waals surface area contributed by atoms with Crippen LogP contribution in [0.5, 0.6) is 5.75 Å². The van der Waals surface area contributed by atoms with Crippen molar-refractivity contribution in [2.45, 2.75) is 6.92 Å². The van der Waals surface area contributed by atoms with Gasteiger partial charge < -0.3 is 10.4 Å². The summed E-state index contributed by atoms with van der Waals surface area (Å²) in [6.07, 6.45) is 0. The third-order valence-corrected chi connectivity index (χ3v) is 3.08. The van der Waals surface area contributed by atoms with E-state index in [0.29, 0.717) is 10.6 Å². The molecule has 2 N–H and O–H groups in total. The summed E-state index contributed by atoms with van der Waals surface area (Å²) in [7, 11) is 0. The number of hydrogen-bond acceptors (Lipinski definition) is 2. The van der Waals surface area contributed by atoms with Gasteiger partial charge in [0.15, 0.2) is 0 Å². The molecule has 0 radical (unpaired) electrons. The molecule has 2 aromatic carbocycles. The van der Waals surface area contributed by atoms with Crippen LogP contribution >= 0.6 is 11.6 Å². The minimum Gasteiger partial charge on any atom is -0.506 e. The molecule has 0 aliphatic rings. The number of rotatable bonds is 3. The molecule has 2 aromatic rings. The summed E-state index contributed by atoms with van der Waals surface area (Å²) >= 11 is 5.83. The van der Waals surface area contributed by atoms with Crippen LogP contribution in [0.3, 0.4) is 0 Å². The average molecular weight is 288 g/mol. The summed E-state index contributed by atoms with van der Waals surface area (Å²) in [4.78, 5) is 12.1. The van der Waals surface area contributed by atoms with Crippen LogP contribution in [0.25, 0.3) is 5.57 Å². The Morgan fingerprint density at radius 3 is 2.35 bits per heavy atom. The topological polar surface area (TPSA) is 49.3 Å². The number of allylic oxidation sites excluding steroid dienone is 1. The number of amides is 1. The molecule has 20 heavy (non-hydrogen) atoms. The Hall–Kier alpha value is -2.26. The van der Waals surface area contributed by atoms with Gasteiger partial charge in [-0.05, 0) is 42.8 Å². The average Bonchev–Trinajstić information content (AvgIpc) is 2.43. The summed E-state index contributed by atoms with van der Waals surface area (Å²) in [6, 6.07) is 11.6. The zero-order valence-electron chi connectivity index (χ0n) is 11.0. The molecular formula is C16H14ClNO2. The second-order valence-electron chi connectivity index (χ2n) is 4.47. The zero-order valence-corrected chi connectivity index (χ0v) is 11.7. The second kappa shape index (κ2) is 5.80. The molecule has 0 bridgehead atoms. The molecule has 0 saturated carbocycles. The minimum absolute atomic E-state index is 0.0266. The van der Waals surface area contributed by atoms with Gasteiger partial charge in [0.25, 0.3) is 5.91 Å². The molecular weight excluding hydrogens is 274 g/mol. The van der Waals surface area contributed by atoms with Gasteiger partial charge in [-0.2, -0.15) is 0 Å². The molecule has 4 heteroatoms. The van der Waals surface area contributed by atoms with Crippen LogP contribution < -0.4 is 5.32 Å². The van der Waals surface area contributed by atoms with Gasteiger partial charge in [0, 0.05) is 10.6 Å². The Morgan fingerprint density at radius 2 is 1.75 bits per heavy atom. The highest BCUT2D eigenvalue weighted by Crippen LogP contribution is 2.27. The van der Waals surface area contributed by atoms with E-state index in [0.717, 1.165) is 11.1 Å². The molecule has 0 aliphatic carbocycles. The molecule has 1 amide bonds. The van der Waals surface area contributed by atoms with Crippen LogP contribution in [-0.2, 0) is 0 Å². The Labute approximate surface area is 122 Å². The van der Waals surface area contributed by atoms with E-state index in [1.165, 1.54) is 12.1 Å². The van der Waals surface area contributed by atoms with Crippen molar-refractivity contribution in [2.75, 3.05) is 5.32 Å². The van der Waals surface area contributed by atoms with Gasteiger partial charge in [-0.15, -0.1) is 0 Å². The number of nitrogens with one attached hydrogen (secondary N) is 1. The van der Waals surface area contributed by atoms with Gasteiger partial charge in [-0.1, -0.05) is 35.9 Å². The van der Waals surface area contributed by atoms with E-state index in [1.807, 2.05) is 19.1 Å². The molecule has 0 atom stereocenters. The number of phenolic OH excluding ortho intramolecular Hbond substituents is 1. The lowest BCUT2D eigenvalue weighted by Gasteiger charge is -2.08. The van der Waals surface area contributed by atoms with Crippen LogP contribution in [0.2, 0.25) is 5.02 Å². The molecule has 102 valence electrons. The molecule has 3 nitrogen and oxygen atoms in total. The number of carbonyl (C=O) groups excluding carboxylic acids is 1. The number of phenols is 1. The fraction of sp³-hybridized carbons (Fsp3) is 0.0625. The highest BCUT2D eigenvalue weighted by molar-refractivity contribution is 6.31. The summed E-state index contributed by atoms with van der Waals surface area (Å²) in [5.74, 6) is -0.336. The van der Waals surface area contributed by atoms with Crippen molar-refractivity contribution in [2.24, 2.45) is 0 Å². The van der Waals surface area contributed by atoms with Crippen LogP contribution in [-0.4, -0.2) is 11.0 Å². The van der Waals surface area contributed by atoms with Crippen molar-refractivity contribution in [3.05, 3.63) is 65.2 Å². The zero-order chi connectivity index (χ0) is 14.7. The minimum atomic E-state index is -0.309. The first-order chi connectivity index (χ1) is 9.47. The second-order valence-corrected chi connectivity index (χ2v) is 4.91. The van der Waals surface area contributed by atoms with Gasteiger partial charge in [0.05, 0.1) is 5.69 Å². The number of carbonyl (C=O) groups is 1. The third-order valence-electron chi connectivity index (χ3n) is 2.85. The fourth-order valence-corrected chi connectivity index (χ4v) is 1.88. The largest absolute Gasteiger partial charge is 0.506 e. The molecule has 2 rings (SSSR count). The van der Waals surface area contributed by atoms with Crippen molar-refractivity contribution in [1.29, 1.82) is 0 Å². The van der Waals surface area contributed by atoms with Crippen LogP contribution in [0.4, 0.5) is 5.69 Å². The van der Waals surface area contributed by atoms with Gasteiger partial charge in [-0.25, -0.2) is 0 Å². The summed E-state index contributed by atoms with van der Waals surface area (Å²) < 4.78 is 0. The SMILES string of the molecule is C=C(C)c1ccc(C(=O)Nc2cc(Cl)ccc2O)cc1. The molecule has 0 aliphatic heterocycles. The third kappa shape index (κ3) is 3.19. The van der Waals surface area contributed by atoms with E-state index in [9.17, 15) is 9.90 Å². The van der Waals surface area contributed by atoms with E-state index >= 15 is 0 Å². The number of hydrogen-bond donors (Lipinski definition) is 2. The van der Waals surface area contributed by atoms with Crippen LogP contribution in [0.15, 0.2) is 49.0 Å². The molecule has 0 aromatic heterocycles. The monoisotopic (exact) mass is 287 g/mol. The lowest BCUT2D eigenvalue weighted by atomic mass is 10.1. The van der Waals surface area contributed by atoms with Crippen molar-refractivity contribution in [1.82, 2.24) is 0 Å². The number of halogens is 1. The quantitative estimate of drug-likeness (QED) is 0.826. The van der Waals surface area contributed by atoms with Crippen LogP contribution in [0, 0.1) is 0 Å². The van der Waals surface area contributed by atoms with E-state index in [1.54, 1.807) is 18.2 Å². The standard InChI is InChI=1S/C16H14ClNO2/c1-10(2)11-3-5-12(6-4-11)16(20)18-14-9-13(17)7-8-15(14)19/h3-9,19H,1H2,2H3,(H,18,20). The Balaban J connectivity index is 2.19. The summed E-state index contributed by atoms with van der Waals surface area (Å²) in [6.45, 7) is 5.74. The summed E-state index contributed by atoms with van der Waals surface area (Å²) in [5.41, 5.74) is 2.69. The van der Waals surface area contributed by atoms with Crippen molar-refractivity contribution >= 4 is 28.8 Å². The molecule has 0 heterocycles. The van der Waals surface area contributed by atoms with Gasteiger partial charge in [-0.3, -0.25) is 4.79 Å². The molecule has 0 saturated heterocycles. The fourth-order valence-electron chi connectivity index (χ4n) is 1.71. The van der Waals surface area contributed by atoms with Crippen molar-refractivity contribution in [3.63, 3.8) is 0 Å². The smallest absolute Gasteiger partial charge is 0.255 e. The highest BCUT2D eigenvalue weighted by Gasteiger charge is 2.09. The number of benzene rings is 2. The van der Waals surface area contributed by atoms with Crippen molar-refractivity contribution in [3.8, 4) is 5.75 Å². The summed E-state index contributed by atoms with van der Waals surface area (Å²) in [5, 5.41) is 12.7. The lowest BCUT2D eigenvalue weighted by Crippen LogP contribution is -2.11. The maximum absolute atomic E-state index is 12.1. The van der Waals surface area contributed by atoms with E-state index < -0.39 is 0 Å². The first-order valence-corrected chi connectivity index (χ1v) is 6.41. The Kier molecular flexibility index (Phi) is 4.11. The maximum Gasteiger partial charge on any atom is 0.255 e. The molecule has 0 spiro atoms.